The third kappa shape index (κ3) is 4.86. The Morgan fingerprint density at radius 1 is 1.11 bits per heavy atom. The lowest BCUT2D eigenvalue weighted by Gasteiger charge is -2.04. The molecule has 1 aromatic heterocycles. The maximum Gasteiger partial charge on any atom is 0.270 e. The van der Waals surface area contributed by atoms with Crippen LogP contribution in [-0.4, -0.2) is 24.5 Å². The van der Waals surface area contributed by atoms with Crippen molar-refractivity contribution in [2.45, 2.75) is 10.9 Å². The summed E-state index contributed by atoms with van der Waals surface area (Å²) in [5.41, 5.74) is 0.810. The lowest BCUT2D eigenvalue weighted by Crippen LogP contribution is -2.23. The number of carbonyl (C=O) groups excluding carboxylic acids is 1. The molecule has 0 radical (unpaired) electrons. The maximum atomic E-state index is 12.9. The second kappa shape index (κ2) is 8.09. The minimum Gasteiger partial charge on any atom is -0.296 e. The number of hydrogen-bond donors (Lipinski definition) is 2. The summed E-state index contributed by atoms with van der Waals surface area (Å²) in [6.07, 6.45) is 0. The molecule has 1 amide bonds. The number of anilines is 1. The number of benzene rings is 2. The summed E-state index contributed by atoms with van der Waals surface area (Å²) in [6.45, 7) is -0.0382. The van der Waals surface area contributed by atoms with Crippen molar-refractivity contribution in [2.75, 3.05) is 5.32 Å². The highest BCUT2D eigenvalue weighted by Crippen LogP contribution is 2.22. The smallest absolute Gasteiger partial charge is 0.270 e. The van der Waals surface area contributed by atoms with Gasteiger partial charge in [-0.2, -0.15) is 0 Å². The molecule has 2 aromatic carbocycles. The van der Waals surface area contributed by atoms with E-state index in [1.807, 2.05) is 0 Å². The van der Waals surface area contributed by atoms with Crippen molar-refractivity contribution in [3.05, 3.63) is 70.5 Å². The van der Waals surface area contributed by atoms with Gasteiger partial charge in [-0.05, 0) is 29.8 Å². The molecule has 0 aliphatic heterocycles. The van der Waals surface area contributed by atoms with E-state index in [1.165, 1.54) is 30.3 Å². The minimum atomic E-state index is -3.93. The van der Waals surface area contributed by atoms with Crippen LogP contribution in [-0.2, 0) is 16.6 Å². The van der Waals surface area contributed by atoms with Gasteiger partial charge in [0.1, 0.15) is 5.82 Å². The number of rotatable bonds is 6. The molecule has 0 saturated heterocycles. The van der Waals surface area contributed by atoms with Crippen molar-refractivity contribution < 1.29 is 17.6 Å². The third-order valence-electron chi connectivity index (χ3n) is 3.35. The topological polar surface area (TPSA) is 101 Å². The van der Waals surface area contributed by atoms with Gasteiger partial charge in [0.25, 0.3) is 15.9 Å². The molecule has 2 N–H and O–H groups in total. The maximum absolute atomic E-state index is 12.9. The van der Waals surface area contributed by atoms with Gasteiger partial charge in [0.05, 0.1) is 10.6 Å². The van der Waals surface area contributed by atoms with Crippen LogP contribution in [0.25, 0.3) is 0 Å². The fourth-order valence-electron chi connectivity index (χ4n) is 2.02. The van der Waals surface area contributed by atoms with Crippen LogP contribution in [0.4, 0.5) is 9.52 Å². The molecular formula is C16H12ClFN4O3S2. The lowest BCUT2D eigenvalue weighted by atomic mass is 10.2. The van der Waals surface area contributed by atoms with Crippen LogP contribution in [0, 0.1) is 5.82 Å². The van der Waals surface area contributed by atoms with Gasteiger partial charge in [-0.15, -0.1) is 10.2 Å². The van der Waals surface area contributed by atoms with Gasteiger partial charge in [-0.25, -0.2) is 17.5 Å². The molecule has 0 fully saturated rings. The van der Waals surface area contributed by atoms with E-state index in [9.17, 15) is 17.6 Å². The number of halogens is 2. The van der Waals surface area contributed by atoms with E-state index in [2.05, 4.69) is 20.2 Å². The van der Waals surface area contributed by atoms with Crippen molar-refractivity contribution in [1.29, 1.82) is 0 Å². The van der Waals surface area contributed by atoms with Crippen molar-refractivity contribution in [2.24, 2.45) is 0 Å². The molecule has 1 heterocycles. The van der Waals surface area contributed by atoms with Crippen LogP contribution >= 0.6 is 22.9 Å². The number of hydrogen-bond acceptors (Lipinski definition) is 6. The molecule has 3 aromatic rings. The number of nitrogens with zero attached hydrogens (tertiary/aromatic N) is 2. The predicted octanol–water partition coefficient (Wildman–Crippen LogP) is 3.06. The number of carbonyl (C=O) groups is 1. The van der Waals surface area contributed by atoms with E-state index in [0.29, 0.717) is 16.9 Å². The van der Waals surface area contributed by atoms with E-state index in [1.54, 1.807) is 18.2 Å². The van der Waals surface area contributed by atoms with Crippen LogP contribution < -0.4 is 10.0 Å². The molecule has 0 aliphatic carbocycles. The number of amides is 1. The molecule has 140 valence electrons. The van der Waals surface area contributed by atoms with Crippen LogP contribution in [0.2, 0.25) is 5.02 Å². The molecule has 7 nitrogen and oxygen atoms in total. The van der Waals surface area contributed by atoms with E-state index >= 15 is 0 Å². The van der Waals surface area contributed by atoms with E-state index < -0.39 is 21.7 Å². The number of aromatic nitrogens is 2. The molecule has 0 spiro atoms. The average molecular weight is 427 g/mol. The van der Waals surface area contributed by atoms with Gasteiger partial charge >= 0.3 is 0 Å². The molecular weight excluding hydrogens is 415 g/mol. The van der Waals surface area contributed by atoms with Gasteiger partial charge in [-0.3, -0.25) is 10.1 Å². The van der Waals surface area contributed by atoms with Gasteiger partial charge in [0.15, 0.2) is 0 Å². The monoisotopic (exact) mass is 426 g/mol. The summed E-state index contributed by atoms with van der Waals surface area (Å²) in [4.78, 5) is 12.2. The molecule has 3 rings (SSSR count). The zero-order chi connectivity index (χ0) is 19.4. The highest BCUT2D eigenvalue weighted by Gasteiger charge is 2.21. The molecule has 0 bridgehead atoms. The highest BCUT2D eigenvalue weighted by molar-refractivity contribution is 7.91. The Hall–Kier alpha value is -2.40. The summed E-state index contributed by atoms with van der Waals surface area (Å²) in [5.74, 6) is -0.940. The number of nitrogens with one attached hydrogen (secondary N) is 2. The summed E-state index contributed by atoms with van der Waals surface area (Å²) in [7, 11) is -3.93. The van der Waals surface area contributed by atoms with Crippen LogP contribution in [0.1, 0.15) is 15.9 Å². The molecule has 0 saturated carbocycles. The Balaban J connectivity index is 1.68. The standard InChI is InChI=1S/C16H12ClFN4O3S2/c17-13-4-2-1-3-12(13)14(23)20-15-21-22-16(26-15)27(24,25)19-9-10-5-7-11(18)8-6-10/h1-8,19H,9H2,(H,20,21,23). The minimum absolute atomic E-state index is 0.0158. The SMILES string of the molecule is O=C(Nc1nnc(S(=O)(=O)NCc2ccc(F)cc2)s1)c1ccccc1Cl. The fourth-order valence-corrected chi connectivity index (χ4v) is 4.20. The van der Waals surface area contributed by atoms with Crippen molar-refractivity contribution in [1.82, 2.24) is 14.9 Å². The zero-order valence-electron chi connectivity index (χ0n) is 13.5. The van der Waals surface area contributed by atoms with Crippen molar-refractivity contribution >= 4 is 44.0 Å². The first-order valence-electron chi connectivity index (χ1n) is 7.48. The first kappa shape index (κ1) is 19.4. The van der Waals surface area contributed by atoms with Gasteiger partial charge < -0.3 is 0 Å². The first-order valence-corrected chi connectivity index (χ1v) is 10.2. The highest BCUT2D eigenvalue weighted by atomic mass is 35.5. The summed E-state index contributed by atoms with van der Waals surface area (Å²) >= 11 is 6.65. The summed E-state index contributed by atoms with van der Waals surface area (Å²) < 4.78 is 39.5. The third-order valence-corrected chi connectivity index (χ3v) is 6.29. The Labute approximate surface area is 163 Å². The number of sulfonamides is 1. The molecule has 27 heavy (non-hydrogen) atoms. The average Bonchev–Trinajstić information content (AvgIpc) is 3.11. The Morgan fingerprint density at radius 3 is 2.52 bits per heavy atom. The fraction of sp³-hybridized carbons (Fsp3) is 0.0625. The van der Waals surface area contributed by atoms with Gasteiger partial charge in [0, 0.05) is 6.54 Å². The Kier molecular flexibility index (Phi) is 5.80. The second-order valence-corrected chi connectivity index (χ2v) is 8.58. The largest absolute Gasteiger partial charge is 0.296 e. The van der Waals surface area contributed by atoms with Gasteiger partial charge in [-0.1, -0.05) is 47.2 Å². The molecule has 11 heteroatoms. The quantitative estimate of drug-likeness (QED) is 0.590. The zero-order valence-corrected chi connectivity index (χ0v) is 15.9. The Bertz CT molecular complexity index is 1070. The summed E-state index contributed by atoms with van der Waals surface area (Å²) in [6, 6.07) is 11.8. The summed E-state index contributed by atoms with van der Waals surface area (Å²) in [5, 5.41) is 10.00. The second-order valence-electron chi connectivity index (χ2n) is 5.26. The van der Waals surface area contributed by atoms with E-state index in [4.69, 9.17) is 11.6 Å². The van der Waals surface area contributed by atoms with Crippen LogP contribution in [0.15, 0.2) is 52.9 Å². The van der Waals surface area contributed by atoms with Crippen molar-refractivity contribution in [3.8, 4) is 0 Å². The van der Waals surface area contributed by atoms with Crippen molar-refractivity contribution in [3.63, 3.8) is 0 Å². The lowest BCUT2D eigenvalue weighted by molar-refractivity contribution is 0.102. The van der Waals surface area contributed by atoms with E-state index in [0.717, 1.165) is 0 Å². The molecule has 0 unspecified atom stereocenters. The van der Waals surface area contributed by atoms with Crippen LogP contribution in [0.3, 0.4) is 0 Å². The van der Waals surface area contributed by atoms with E-state index in [-0.39, 0.29) is 26.6 Å². The first-order chi connectivity index (χ1) is 12.8. The molecule has 0 atom stereocenters. The Morgan fingerprint density at radius 2 is 1.81 bits per heavy atom. The van der Waals surface area contributed by atoms with Crippen LogP contribution in [0.5, 0.6) is 0 Å². The normalized spacial score (nSPS) is 11.3. The predicted molar refractivity (Wildman–Crippen MR) is 99.7 cm³/mol. The molecule has 0 aliphatic rings. The van der Waals surface area contributed by atoms with Gasteiger partial charge in [0.2, 0.25) is 9.47 Å².